The van der Waals surface area contributed by atoms with Crippen LogP contribution in [0.1, 0.15) is 5.56 Å². The number of benzene rings is 2. The fourth-order valence-corrected chi connectivity index (χ4v) is 2.10. The van der Waals surface area contributed by atoms with Crippen LogP contribution >= 0.6 is 11.6 Å². The van der Waals surface area contributed by atoms with Gasteiger partial charge in [-0.25, -0.2) is 0 Å². The van der Waals surface area contributed by atoms with Crippen molar-refractivity contribution in [1.82, 2.24) is 0 Å². The molecule has 0 aliphatic rings. The van der Waals surface area contributed by atoms with Gasteiger partial charge in [-0.2, -0.15) is 5.26 Å². The standard InChI is InChI=1S/C16H15ClN2O2/c1-20-16-6-5-13(10-15(16)17)19-11-12-3-2-4-14(9-12)21-8-7-18/h2-6,9-10,19H,8,11H2,1H3. The summed E-state index contributed by atoms with van der Waals surface area (Å²) in [6.07, 6.45) is 0. The van der Waals surface area contributed by atoms with E-state index in [1.165, 1.54) is 0 Å². The lowest BCUT2D eigenvalue weighted by Gasteiger charge is -2.10. The highest BCUT2D eigenvalue weighted by Gasteiger charge is 2.02. The predicted octanol–water partition coefficient (Wildman–Crippen LogP) is 3.86. The Bertz CT molecular complexity index is 653. The molecular formula is C16H15ClN2O2. The summed E-state index contributed by atoms with van der Waals surface area (Å²) in [6.45, 7) is 0.678. The molecule has 0 spiro atoms. The van der Waals surface area contributed by atoms with E-state index >= 15 is 0 Å². The zero-order valence-electron chi connectivity index (χ0n) is 11.6. The van der Waals surface area contributed by atoms with E-state index in [4.69, 9.17) is 26.3 Å². The second kappa shape index (κ2) is 7.41. The molecule has 2 rings (SSSR count). The normalized spacial score (nSPS) is 9.76. The molecule has 0 heterocycles. The van der Waals surface area contributed by atoms with Crippen LogP contribution in [0.5, 0.6) is 11.5 Å². The molecule has 0 unspecified atom stereocenters. The summed E-state index contributed by atoms with van der Waals surface area (Å²) >= 11 is 6.08. The number of ether oxygens (including phenoxy) is 2. The van der Waals surface area contributed by atoms with E-state index in [1.54, 1.807) is 7.11 Å². The van der Waals surface area contributed by atoms with Crippen LogP contribution in [-0.2, 0) is 6.54 Å². The molecule has 0 saturated heterocycles. The summed E-state index contributed by atoms with van der Waals surface area (Å²) in [5.41, 5.74) is 1.96. The highest BCUT2D eigenvalue weighted by atomic mass is 35.5. The molecule has 0 aliphatic carbocycles. The van der Waals surface area contributed by atoms with Gasteiger partial charge in [-0.15, -0.1) is 0 Å². The van der Waals surface area contributed by atoms with Crippen LogP contribution in [-0.4, -0.2) is 13.7 Å². The number of methoxy groups -OCH3 is 1. The monoisotopic (exact) mass is 302 g/mol. The molecule has 0 bridgehead atoms. The molecule has 0 fully saturated rings. The van der Waals surface area contributed by atoms with Gasteiger partial charge in [0.25, 0.3) is 0 Å². The third-order valence-corrected chi connectivity index (χ3v) is 3.15. The third kappa shape index (κ3) is 4.30. The predicted molar refractivity (Wildman–Crippen MR) is 82.9 cm³/mol. The summed E-state index contributed by atoms with van der Waals surface area (Å²) in [6, 6.07) is 15.1. The van der Waals surface area contributed by atoms with Gasteiger partial charge in [-0.1, -0.05) is 23.7 Å². The minimum absolute atomic E-state index is 0.0466. The smallest absolute Gasteiger partial charge is 0.174 e. The number of halogens is 1. The Morgan fingerprint density at radius 1 is 1.24 bits per heavy atom. The summed E-state index contributed by atoms with van der Waals surface area (Å²) in [4.78, 5) is 0. The minimum Gasteiger partial charge on any atom is -0.495 e. The number of nitrogens with zero attached hydrogens (tertiary/aromatic N) is 1. The highest BCUT2D eigenvalue weighted by molar-refractivity contribution is 6.32. The number of nitriles is 1. The quantitative estimate of drug-likeness (QED) is 0.880. The lowest BCUT2D eigenvalue weighted by molar-refractivity contribution is 0.368. The fraction of sp³-hybridized carbons (Fsp3) is 0.188. The molecule has 0 saturated carbocycles. The van der Waals surface area contributed by atoms with Crippen molar-refractivity contribution in [3.63, 3.8) is 0 Å². The van der Waals surface area contributed by atoms with Gasteiger partial charge in [0.15, 0.2) is 6.61 Å². The lowest BCUT2D eigenvalue weighted by atomic mass is 10.2. The summed E-state index contributed by atoms with van der Waals surface area (Å²) < 4.78 is 10.4. The third-order valence-electron chi connectivity index (χ3n) is 2.85. The van der Waals surface area contributed by atoms with E-state index in [-0.39, 0.29) is 6.61 Å². The van der Waals surface area contributed by atoms with E-state index in [2.05, 4.69) is 5.32 Å². The van der Waals surface area contributed by atoms with Crippen LogP contribution in [0, 0.1) is 11.3 Å². The molecule has 4 nitrogen and oxygen atoms in total. The Hall–Kier alpha value is -2.38. The molecule has 2 aromatic rings. The number of anilines is 1. The van der Waals surface area contributed by atoms with Gasteiger partial charge in [0.2, 0.25) is 0 Å². The van der Waals surface area contributed by atoms with Crippen molar-refractivity contribution in [3.8, 4) is 17.6 Å². The molecule has 1 N–H and O–H groups in total. The molecule has 2 aromatic carbocycles. The van der Waals surface area contributed by atoms with Crippen molar-refractivity contribution >= 4 is 17.3 Å². The maximum Gasteiger partial charge on any atom is 0.174 e. The van der Waals surface area contributed by atoms with Crippen molar-refractivity contribution in [3.05, 3.63) is 53.1 Å². The fourth-order valence-electron chi connectivity index (χ4n) is 1.84. The second-order valence-corrected chi connectivity index (χ2v) is 4.70. The van der Waals surface area contributed by atoms with Crippen molar-refractivity contribution in [2.24, 2.45) is 0 Å². The average molecular weight is 303 g/mol. The molecule has 0 atom stereocenters. The maximum atomic E-state index is 8.51. The summed E-state index contributed by atoms with van der Waals surface area (Å²) in [7, 11) is 1.58. The average Bonchev–Trinajstić information content (AvgIpc) is 2.51. The molecule has 21 heavy (non-hydrogen) atoms. The van der Waals surface area contributed by atoms with Crippen molar-refractivity contribution in [1.29, 1.82) is 5.26 Å². The number of hydrogen-bond donors (Lipinski definition) is 1. The topological polar surface area (TPSA) is 54.3 Å². The van der Waals surface area contributed by atoms with Gasteiger partial charge < -0.3 is 14.8 Å². The van der Waals surface area contributed by atoms with Crippen molar-refractivity contribution < 1.29 is 9.47 Å². The largest absolute Gasteiger partial charge is 0.495 e. The van der Waals surface area contributed by atoms with Crippen LogP contribution in [0.3, 0.4) is 0 Å². The molecule has 0 amide bonds. The van der Waals surface area contributed by atoms with Gasteiger partial charge in [0, 0.05) is 12.2 Å². The first-order valence-electron chi connectivity index (χ1n) is 6.39. The van der Waals surface area contributed by atoms with E-state index in [0.717, 1.165) is 11.3 Å². The number of rotatable bonds is 6. The Labute approximate surface area is 128 Å². The SMILES string of the molecule is COc1ccc(NCc2cccc(OCC#N)c2)cc1Cl. The Kier molecular flexibility index (Phi) is 5.30. The van der Waals surface area contributed by atoms with Crippen molar-refractivity contribution in [2.75, 3.05) is 19.0 Å². The summed E-state index contributed by atoms with van der Waals surface area (Å²) in [5, 5.41) is 12.3. The maximum absolute atomic E-state index is 8.51. The van der Waals surface area contributed by atoms with E-state index < -0.39 is 0 Å². The van der Waals surface area contributed by atoms with Gasteiger partial charge in [-0.05, 0) is 35.9 Å². The lowest BCUT2D eigenvalue weighted by Crippen LogP contribution is -2.00. The van der Waals surface area contributed by atoms with E-state index in [1.807, 2.05) is 48.5 Å². The second-order valence-electron chi connectivity index (χ2n) is 4.30. The molecule has 0 radical (unpaired) electrons. The highest BCUT2D eigenvalue weighted by Crippen LogP contribution is 2.27. The summed E-state index contributed by atoms with van der Waals surface area (Å²) in [5.74, 6) is 1.33. The van der Waals surface area contributed by atoms with Gasteiger partial charge in [0.1, 0.15) is 17.6 Å². The molecule has 0 aliphatic heterocycles. The van der Waals surface area contributed by atoms with E-state index in [9.17, 15) is 0 Å². The van der Waals surface area contributed by atoms with Gasteiger partial charge in [-0.3, -0.25) is 0 Å². The molecule has 0 aromatic heterocycles. The Morgan fingerprint density at radius 2 is 2.10 bits per heavy atom. The van der Waals surface area contributed by atoms with Crippen LogP contribution in [0.2, 0.25) is 5.02 Å². The zero-order chi connectivity index (χ0) is 15.1. The number of hydrogen-bond acceptors (Lipinski definition) is 4. The Balaban J connectivity index is 1.99. The zero-order valence-corrected chi connectivity index (χ0v) is 12.4. The number of nitrogens with one attached hydrogen (secondary N) is 1. The Morgan fingerprint density at radius 3 is 2.81 bits per heavy atom. The van der Waals surface area contributed by atoms with E-state index in [0.29, 0.717) is 23.1 Å². The van der Waals surface area contributed by atoms with Crippen LogP contribution in [0.4, 0.5) is 5.69 Å². The first kappa shape index (κ1) is 15.0. The first-order valence-corrected chi connectivity index (χ1v) is 6.77. The molecule has 5 heteroatoms. The van der Waals surface area contributed by atoms with Gasteiger partial charge in [0.05, 0.1) is 12.1 Å². The van der Waals surface area contributed by atoms with Crippen LogP contribution < -0.4 is 14.8 Å². The van der Waals surface area contributed by atoms with Crippen LogP contribution in [0.25, 0.3) is 0 Å². The van der Waals surface area contributed by atoms with Crippen LogP contribution in [0.15, 0.2) is 42.5 Å². The van der Waals surface area contributed by atoms with Crippen molar-refractivity contribution in [2.45, 2.75) is 6.54 Å². The molecular weight excluding hydrogens is 288 g/mol. The first-order chi connectivity index (χ1) is 10.2. The molecule has 108 valence electrons. The van der Waals surface area contributed by atoms with Gasteiger partial charge >= 0.3 is 0 Å². The minimum atomic E-state index is 0.0466.